The van der Waals surface area contributed by atoms with Gasteiger partial charge in [0.2, 0.25) is 5.91 Å². The molecule has 6 nitrogen and oxygen atoms in total. The van der Waals surface area contributed by atoms with Crippen LogP contribution in [0.2, 0.25) is 0 Å². The number of piperidine rings is 1. The molecule has 2 aromatic rings. The number of aliphatic hydroxyl groups is 1. The molecule has 2 N–H and O–H groups in total. The fourth-order valence-corrected chi connectivity index (χ4v) is 4.21. The van der Waals surface area contributed by atoms with Crippen LogP contribution in [0.25, 0.3) is 10.2 Å². The van der Waals surface area contributed by atoms with E-state index in [2.05, 4.69) is 33.2 Å². The molecule has 1 aliphatic carbocycles. The molecule has 128 valence electrons. The maximum Gasteiger partial charge on any atom is 0.249 e. The maximum atomic E-state index is 12.0. The number of anilines is 1. The summed E-state index contributed by atoms with van der Waals surface area (Å²) in [6.45, 7) is 3.69. The van der Waals surface area contributed by atoms with Crippen molar-refractivity contribution < 1.29 is 9.90 Å². The van der Waals surface area contributed by atoms with Crippen molar-refractivity contribution in [2.75, 3.05) is 18.0 Å². The zero-order valence-electron chi connectivity index (χ0n) is 13.7. The Hall–Kier alpha value is -1.73. The van der Waals surface area contributed by atoms with E-state index in [9.17, 15) is 9.90 Å². The van der Waals surface area contributed by atoms with E-state index < -0.39 is 6.10 Å². The second-order valence-electron chi connectivity index (χ2n) is 6.83. The minimum absolute atomic E-state index is 0.0292. The maximum absolute atomic E-state index is 12.0. The molecule has 1 saturated heterocycles. The molecule has 1 amide bonds. The highest BCUT2D eigenvalue weighted by atomic mass is 32.1. The van der Waals surface area contributed by atoms with Gasteiger partial charge in [0.15, 0.2) is 0 Å². The number of hydrogen-bond donors (Lipinski definition) is 2. The first-order valence-corrected chi connectivity index (χ1v) is 9.38. The molecule has 2 fully saturated rings. The lowest BCUT2D eigenvalue weighted by molar-refractivity contribution is -0.132. The molecule has 0 spiro atoms. The molecule has 24 heavy (non-hydrogen) atoms. The molecule has 4 rings (SSSR count). The van der Waals surface area contributed by atoms with Gasteiger partial charge in [-0.1, -0.05) is 0 Å². The zero-order chi connectivity index (χ0) is 16.7. The quantitative estimate of drug-likeness (QED) is 0.883. The summed E-state index contributed by atoms with van der Waals surface area (Å²) < 4.78 is 0. The van der Waals surface area contributed by atoms with Crippen LogP contribution in [0.1, 0.15) is 30.6 Å². The van der Waals surface area contributed by atoms with Crippen molar-refractivity contribution in [1.29, 1.82) is 0 Å². The highest BCUT2D eigenvalue weighted by Crippen LogP contribution is 2.32. The molecule has 0 bridgehead atoms. The minimum Gasteiger partial charge on any atom is -0.383 e. The fourth-order valence-electron chi connectivity index (χ4n) is 3.37. The van der Waals surface area contributed by atoms with Crippen molar-refractivity contribution in [1.82, 2.24) is 15.3 Å². The molecular formula is C17H22N4O2S. The van der Waals surface area contributed by atoms with E-state index in [0.717, 1.165) is 54.8 Å². The number of nitrogens with one attached hydrogen (secondary N) is 1. The first-order chi connectivity index (χ1) is 11.6. The Morgan fingerprint density at radius 3 is 2.79 bits per heavy atom. The standard InChI is InChI=1S/C17H22N4O2S/c1-10-8-13-15(18-9-19-17(13)24-10)21-6-4-11(5-7-21)14(22)16(23)20-12-2-3-12/h8-9,11-12,14,22H,2-7H2,1H3,(H,20,23). The van der Waals surface area contributed by atoms with E-state index in [4.69, 9.17) is 0 Å². The van der Waals surface area contributed by atoms with Crippen molar-refractivity contribution in [3.63, 3.8) is 0 Å². The highest BCUT2D eigenvalue weighted by molar-refractivity contribution is 7.18. The van der Waals surface area contributed by atoms with Crippen LogP contribution < -0.4 is 10.2 Å². The third-order valence-corrected chi connectivity index (χ3v) is 5.87. The largest absolute Gasteiger partial charge is 0.383 e. The predicted octanol–water partition coefficient (Wildman–Crippen LogP) is 1.86. The summed E-state index contributed by atoms with van der Waals surface area (Å²) in [5.41, 5.74) is 0. The lowest BCUT2D eigenvalue weighted by atomic mass is 9.90. The van der Waals surface area contributed by atoms with Crippen LogP contribution in [-0.2, 0) is 4.79 Å². The number of fused-ring (bicyclic) bond motifs is 1. The van der Waals surface area contributed by atoms with Gasteiger partial charge in [-0.15, -0.1) is 11.3 Å². The summed E-state index contributed by atoms with van der Waals surface area (Å²) in [6.07, 6.45) is 4.42. The van der Waals surface area contributed by atoms with Gasteiger partial charge in [-0.25, -0.2) is 9.97 Å². The number of thiophene rings is 1. The van der Waals surface area contributed by atoms with Gasteiger partial charge in [-0.2, -0.15) is 0 Å². The lowest BCUT2D eigenvalue weighted by Crippen LogP contribution is -2.45. The van der Waals surface area contributed by atoms with Crippen LogP contribution in [0.4, 0.5) is 5.82 Å². The van der Waals surface area contributed by atoms with Gasteiger partial charge in [0.1, 0.15) is 23.1 Å². The minimum atomic E-state index is -0.887. The number of carbonyl (C=O) groups is 1. The van der Waals surface area contributed by atoms with Crippen LogP contribution in [0.3, 0.4) is 0 Å². The monoisotopic (exact) mass is 346 g/mol. The van der Waals surface area contributed by atoms with E-state index in [1.807, 2.05) is 0 Å². The van der Waals surface area contributed by atoms with Crippen LogP contribution in [0.15, 0.2) is 12.4 Å². The molecule has 1 unspecified atom stereocenters. The number of nitrogens with zero attached hydrogens (tertiary/aromatic N) is 3. The van der Waals surface area contributed by atoms with Gasteiger partial charge in [-0.3, -0.25) is 4.79 Å². The van der Waals surface area contributed by atoms with Gasteiger partial charge in [0.05, 0.1) is 5.39 Å². The van der Waals surface area contributed by atoms with Crippen molar-refractivity contribution in [3.05, 3.63) is 17.3 Å². The Bertz CT molecular complexity index is 750. The van der Waals surface area contributed by atoms with Gasteiger partial charge >= 0.3 is 0 Å². The lowest BCUT2D eigenvalue weighted by Gasteiger charge is -2.34. The fraction of sp³-hybridized carbons (Fsp3) is 0.588. The third-order valence-electron chi connectivity index (χ3n) is 4.91. The Morgan fingerprint density at radius 1 is 1.33 bits per heavy atom. The summed E-state index contributed by atoms with van der Waals surface area (Å²) in [5, 5.41) is 14.3. The number of aromatic nitrogens is 2. The SMILES string of the molecule is Cc1cc2c(N3CCC(C(O)C(=O)NC4CC4)CC3)ncnc2s1. The topological polar surface area (TPSA) is 78.4 Å². The average molecular weight is 346 g/mol. The average Bonchev–Trinajstić information content (AvgIpc) is 3.31. The normalized spacial score (nSPS) is 20.3. The molecule has 1 atom stereocenters. The van der Waals surface area contributed by atoms with Gasteiger partial charge in [0.25, 0.3) is 0 Å². The molecule has 3 heterocycles. The van der Waals surface area contributed by atoms with Gasteiger partial charge < -0.3 is 15.3 Å². The first-order valence-electron chi connectivity index (χ1n) is 8.56. The van der Waals surface area contributed by atoms with Crippen LogP contribution >= 0.6 is 11.3 Å². The van der Waals surface area contributed by atoms with Crippen LogP contribution in [0.5, 0.6) is 0 Å². The Kier molecular flexibility index (Phi) is 4.14. The molecule has 7 heteroatoms. The first kappa shape index (κ1) is 15.8. The Labute approximate surface area is 144 Å². The van der Waals surface area contributed by atoms with Crippen LogP contribution in [0, 0.1) is 12.8 Å². The van der Waals surface area contributed by atoms with Gasteiger partial charge in [0, 0.05) is 24.0 Å². The number of amides is 1. The van der Waals surface area contributed by atoms with E-state index in [0.29, 0.717) is 6.04 Å². The van der Waals surface area contributed by atoms with E-state index in [1.165, 1.54) is 4.88 Å². The van der Waals surface area contributed by atoms with Gasteiger partial charge in [-0.05, 0) is 44.6 Å². The van der Waals surface area contributed by atoms with Crippen molar-refractivity contribution in [2.24, 2.45) is 5.92 Å². The second kappa shape index (κ2) is 6.29. The molecule has 2 aromatic heterocycles. The number of carbonyl (C=O) groups excluding carboxylic acids is 1. The number of rotatable bonds is 4. The predicted molar refractivity (Wildman–Crippen MR) is 94.3 cm³/mol. The molecule has 0 aromatic carbocycles. The summed E-state index contributed by atoms with van der Waals surface area (Å²) in [4.78, 5) is 25.3. The molecule has 0 radical (unpaired) electrons. The molecule has 1 saturated carbocycles. The van der Waals surface area contributed by atoms with Crippen molar-refractivity contribution in [3.8, 4) is 0 Å². The van der Waals surface area contributed by atoms with Crippen molar-refractivity contribution >= 4 is 33.3 Å². The van der Waals surface area contributed by atoms with E-state index in [-0.39, 0.29) is 11.8 Å². The van der Waals surface area contributed by atoms with E-state index >= 15 is 0 Å². The summed E-state index contributed by atoms with van der Waals surface area (Å²) in [5.74, 6) is 0.801. The number of hydrogen-bond acceptors (Lipinski definition) is 6. The second-order valence-corrected chi connectivity index (χ2v) is 8.06. The summed E-state index contributed by atoms with van der Waals surface area (Å²) >= 11 is 1.68. The summed E-state index contributed by atoms with van der Waals surface area (Å²) in [6, 6.07) is 2.43. The summed E-state index contributed by atoms with van der Waals surface area (Å²) in [7, 11) is 0. The Balaban J connectivity index is 1.42. The highest BCUT2D eigenvalue weighted by Gasteiger charge is 2.33. The van der Waals surface area contributed by atoms with Crippen LogP contribution in [-0.4, -0.2) is 46.2 Å². The molecular weight excluding hydrogens is 324 g/mol. The zero-order valence-corrected chi connectivity index (χ0v) is 14.6. The Morgan fingerprint density at radius 2 is 2.08 bits per heavy atom. The number of aryl methyl sites for hydroxylation is 1. The van der Waals surface area contributed by atoms with Crippen molar-refractivity contribution in [2.45, 2.75) is 44.8 Å². The number of aliphatic hydroxyl groups excluding tert-OH is 1. The molecule has 2 aliphatic rings. The van der Waals surface area contributed by atoms with E-state index in [1.54, 1.807) is 17.7 Å². The smallest absolute Gasteiger partial charge is 0.249 e. The molecule has 1 aliphatic heterocycles. The third kappa shape index (κ3) is 3.10.